The number of thiophene rings is 1. The first-order valence-corrected chi connectivity index (χ1v) is 7.15. The van der Waals surface area contributed by atoms with Gasteiger partial charge < -0.3 is 15.4 Å². The van der Waals surface area contributed by atoms with Crippen molar-refractivity contribution in [1.82, 2.24) is 10.6 Å². The first kappa shape index (κ1) is 16.4. The van der Waals surface area contributed by atoms with Gasteiger partial charge in [0.25, 0.3) is 0 Å². The van der Waals surface area contributed by atoms with Crippen LogP contribution in [0.1, 0.15) is 17.7 Å². The molecule has 1 fully saturated rings. The summed E-state index contributed by atoms with van der Waals surface area (Å²) < 4.78 is 5.26. The average molecular weight is 305 g/mol. The molecule has 0 atom stereocenters. The highest BCUT2D eigenvalue weighted by Crippen LogP contribution is 2.29. The van der Waals surface area contributed by atoms with Crippen molar-refractivity contribution in [2.24, 2.45) is 5.41 Å². The zero-order valence-electron chi connectivity index (χ0n) is 11.1. The van der Waals surface area contributed by atoms with Crippen LogP contribution in [0, 0.1) is 5.41 Å². The first-order valence-electron chi connectivity index (χ1n) is 6.27. The molecule has 0 radical (unpaired) electrons. The Kier molecular flexibility index (Phi) is 6.79. The van der Waals surface area contributed by atoms with Gasteiger partial charge in [-0.2, -0.15) is 0 Å². The van der Waals surface area contributed by atoms with Crippen molar-refractivity contribution < 1.29 is 9.53 Å². The number of carbonyl (C=O) groups is 1. The molecule has 4 nitrogen and oxygen atoms in total. The summed E-state index contributed by atoms with van der Waals surface area (Å²) in [6.07, 6.45) is 1.69. The third-order valence-electron chi connectivity index (χ3n) is 3.47. The Morgan fingerprint density at radius 1 is 1.53 bits per heavy atom. The monoisotopic (exact) mass is 304 g/mol. The van der Waals surface area contributed by atoms with Crippen molar-refractivity contribution in [1.29, 1.82) is 0 Å². The molecule has 2 rings (SSSR count). The van der Waals surface area contributed by atoms with Crippen molar-refractivity contribution in [2.45, 2.75) is 19.4 Å². The molecular weight excluding hydrogens is 284 g/mol. The molecule has 2 heterocycles. The Labute approximate surface area is 124 Å². The summed E-state index contributed by atoms with van der Waals surface area (Å²) in [4.78, 5) is 13.6. The number of nitrogens with one attached hydrogen (secondary N) is 2. The summed E-state index contributed by atoms with van der Waals surface area (Å²) in [6, 6.07) is 4.04. The Hall–Kier alpha value is -0.620. The van der Waals surface area contributed by atoms with Crippen LogP contribution in [0.4, 0.5) is 0 Å². The van der Waals surface area contributed by atoms with Gasteiger partial charge in [-0.15, -0.1) is 23.7 Å². The highest BCUT2D eigenvalue weighted by atomic mass is 35.5. The van der Waals surface area contributed by atoms with E-state index in [1.54, 1.807) is 18.4 Å². The smallest absolute Gasteiger partial charge is 0.228 e. The average Bonchev–Trinajstić information content (AvgIpc) is 2.90. The predicted molar refractivity (Wildman–Crippen MR) is 79.8 cm³/mol. The van der Waals surface area contributed by atoms with Gasteiger partial charge in [-0.05, 0) is 37.4 Å². The fraction of sp³-hybridized carbons (Fsp3) is 0.615. The lowest BCUT2D eigenvalue weighted by Gasteiger charge is -2.35. The van der Waals surface area contributed by atoms with E-state index in [0.29, 0.717) is 13.2 Å². The number of ether oxygens (including phenoxy) is 1. The number of methoxy groups -OCH3 is 1. The zero-order valence-corrected chi connectivity index (χ0v) is 12.7. The molecule has 0 spiro atoms. The highest BCUT2D eigenvalue weighted by molar-refractivity contribution is 7.09. The maximum Gasteiger partial charge on any atom is 0.228 e. The molecule has 1 aliphatic rings. The normalized spacial score (nSPS) is 17.5. The van der Waals surface area contributed by atoms with Gasteiger partial charge in [-0.3, -0.25) is 4.79 Å². The lowest BCUT2D eigenvalue weighted by Crippen LogP contribution is -2.49. The molecule has 0 aliphatic carbocycles. The molecule has 1 aromatic heterocycles. The van der Waals surface area contributed by atoms with E-state index < -0.39 is 0 Å². The third kappa shape index (κ3) is 4.18. The molecule has 0 aromatic carbocycles. The summed E-state index contributed by atoms with van der Waals surface area (Å²) in [5.74, 6) is 0.124. The molecule has 6 heteroatoms. The van der Waals surface area contributed by atoms with E-state index in [2.05, 4.69) is 10.6 Å². The van der Waals surface area contributed by atoms with Gasteiger partial charge in [0.2, 0.25) is 5.91 Å². The van der Waals surface area contributed by atoms with Crippen molar-refractivity contribution in [3.63, 3.8) is 0 Å². The third-order valence-corrected chi connectivity index (χ3v) is 4.34. The van der Waals surface area contributed by atoms with Crippen LogP contribution in [0.15, 0.2) is 17.5 Å². The zero-order chi connectivity index (χ0) is 12.8. The van der Waals surface area contributed by atoms with Crippen LogP contribution in [0.25, 0.3) is 0 Å². The molecule has 0 saturated carbocycles. The lowest BCUT2D eigenvalue weighted by molar-refractivity contribution is -0.136. The molecule has 0 unspecified atom stereocenters. The molecule has 1 aromatic rings. The van der Waals surface area contributed by atoms with Crippen LogP contribution in [0.2, 0.25) is 0 Å². The highest BCUT2D eigenvalue weighted by Gasteiger charge is 2.39. The number of amides is 1. The molecule has 0 bridgehead atoms. The van der Waals surface area contributed by atoms with E-state index in [1.807, 2.05) is 17.5 Å². The topological polar surface area (TPSA) is 50.4 Å². The van der Waals surface area contributed by atoms with Crippen LogP contribution >= 0.6 is 23.7 Å². The minimum absolute atomic E-state index is 0. The molecule has 1 aliphatic heterocycles. The molecule has 1 saturated heterocycles. The Bertz CT molecular complexity index is 372. The van der Waals surface area contributed by atoms with Gasteiger partial charge in [0, 0.05) is 12.0 Å². The number of rotatable bonds is 5. The van der Waals surface area contributed by atoms with Crippen molar-refractivity contribution in [2.75, 3.05) is 26.8 Å². The van der Waals surface area contributed by atoms with Gasteiger partial charge in [0.05, 0.1) is 18.6 Å². The van der Waals surface area contributed by atoms with Gasteiger partial charge >= 0.3 is 0 Å². The maximum atomic E-state index is 12.4. The van der Waals surface area contributed by atoms with Crippen LogP contribution in [-0.2, 0) is 16.1 Å². The summed E-state index contributed by atoms with van der Waals surface area (Å²) >= 11 is 1.67. The largest absolute Gasteiger partial charge is 0.384 e. The van der Waals surface area contributed by atoms with Crippen molar-refractivity contribution in [3.05, 3.63) is 22.4 Å². The summed E-state index contributed by atoms with van der Waals surface area (Å²) in [7, 11) is 1.66. The number of hydrogen-bond donors (Lipinski definition) is 2. The number of piperidine rings is 1. The molecule has 2 N–H and O–H groups in total. The quantitative estimate of drug-likeness (QED) is 0.872. The Morgan fingerprint density at radius 2 is 2.26 bits per heavy atom. The van der Waals surface area contributed by atoms with Crippen LogP contribution < -0.4 is 10.6 Å². The number of carbonyl (C=O) groups excluding carboxylic acids is 1. The van der Waals surface area contributed by atoms with E-state index in [9.17, 15) is 4.79 Å². The van der Waals surface area contributed by atoms with Gasteiger partial charge in [-0.1, -0.05) is 6.07 Å². The SMILES string of the molecule is COCC1(C(=O)NCc2cccs2)CCNCC1.Cl. The second-order valence-corrected chi connectivity index (χ2v) is 5.76. The van der Waals surface area contributed by atoms with E-state index in [0.717, 1.165) is 25.9 Å². The summed E-state index contributed by atoms with van der Waals surface area (Å²) in [6.45, 7) is 2.89. The molecule has 108 valence electrons. The maximum absolute atomic E-state index is 12.4. The van der Waals surface area contributed by atoms with Crippen LogP contribution in [-0.4, -0.2) is 32.7 Å². The molecular formula is C13H21ClN2O2S. The van der Waals surface area contributed by atoms with Gasteiger partial charge in [0.1, 0.15) is 0 Å². The van der Waals surface area contributed by atoms with Gasteiger partial charge in [-0.25, -0.2) is 0 Å². The van der Waals surface area contributed by atoms with E-state index >= 15 is 0 Å². The van der Waals surface area contributed by atoms with Crippen LogP contribution in [0.5, 0.6) is 0 Å². The molecule has 19 heavy (non-hydrogen) atoms. The first-order chi connectivity index (χ1) is 8.77. The fourth-order valence-corrected chi connectivity index (χ4v) is 3.03. The van der Waals surface area contributed by atoms with E-state index in [4.69, 9.17) is 4.74 Å². The second kappa shape index (κ2) is 7.85. The van der Waals surface area contributed by atoms with Crippen molar-refractivity contribution in [3.8, 4) is 0 Å². The number of hydrogen-bond acceptors (Lipinski definition) is 4. The fourth-order valence-electron chi connectivity index (χ4n) is 2.39. The Morgan fingerprint density at radius 3 is 2.84 bits per heavy atom. The Balaban J connectivity index is 0.00000180. The standard InChI is InChI=1S/C13H20N2O2S.ClH/c1-17-10-13(4-6-14-7-5-13)12(16)15-9-11-3-2-8-18-11;/h2-3,8,14H,4-7,9-10H2,1H3,(H,15,16);1H. The lowest BCUT2D eigenvalue weighted by atomic mass is 9.78. The summed E-state index contributed by atoms with van der Waals surface area (Å²) in [5, 5.41) is 8.36. The van der Waals surface area contributed by atoms with E-state index in [-0.39, 0.29) is 23.7 Å². The molecule has 1 amide bonds. The second-order valence-electron chi connectivity index (χ2n) is 4.73. The minimum Gasteiger partial charge on any atom is -0.384 e. The van der Waals surface area contributed by atoms with Crippen molar-refractivity contribution >= 4 is 29.7 Å². The van der Waals surface area contributed by atoms with Crippen LogP contribution in [0.3, 0.4) is 0 Å². The number of halogens is 1. The van der Waals surface area contributed by atoms with Gasteiger partial charge in [0.15, 0.2) is 0 Å². The minimum atomic E-state index is -0.350. The summed E-state index contributed by atoms with van der Waals surface area (Å²) in [5.41, 5.74) is -0.350. The predicted octanol–water partition coefficient (Wildman–Crippen LogP) is 1.80. The van der Waals surface area contributed by atoms with E-state index in [1.165, 1.54) is 4.88 Å².